The van der Waals surface area contributed by atoms with Crippen molar-refractivity contribution >= 4 is 17.3 Å². The topological polar surface area (TPSA) is 56.1 Å². The quantitative estimate of drug-likeness (QED) is 0.169. The van der Waals surface area contributed by atoms with Crippen LogP contribution in [0, 0.1) is 6.92 Å². The van der Waals surface area contributed by atoms with E-state index in [0.29, 0.717) is 5.75 Å². The van der Waals surface area contributed by atoms with Gasteiger partial charge in [0.1, 0.15) is 0 Å². The van der Waals surface area contributed by atoms with E-state index in [0.717, 1.165) is 33.8 Å². The zero-order valence-corrected chi connectivity index (χ0v) is 23.7. The Kier molecular flexibility index (Phi) is 7.56. The summed E-state index contributed by atoms with van der Waals surface area (Å²) in [5.74, 6) is 0.196. The van der Waals surface area contributed by atoms with E-state index in [9.17, 15) is 4.79 Å². The van der Waals surface area contributed by atoms with Crippen molar-refractivity contribution in [2.75, 3.05) is 5.32 Å². The number of rotatable bonds is 7. The summed E-state index contributed by atoms with van der Waals surface area (Å²) in [4.78, 5) is 12.4. The van der Waals surface area contributed by atoms with E-state index in [1.165, 1.54) is 16.7 Å². The largest absolute Gasteiger partial charge is 0.424 e. The van der Waals surface area contributed by atoms with Crippen molar-refractivity contribution in [2.24, 2.45) is 0 Å². The molecule has 5 nitrogen and oxygen atoms in total. The Morgan fingerprint density at radius 3 is 2.12 bits per heavy atom. The number of hydrogen-bond donors (Lipinski definition) is 1. The van der Waals surface area contributed by atoms with E-state index in [1.54, 1.807) is 13.1 Å². The second kappa shape index (κ2) is 11.2. The van der Waals surface area contributed by atoms with Crippen LogP contribution < -0.4 is 10.1 Å². The molecule has 0 unspecified atom stereocenters. The minimum absolute atomic E-state index is 0.0708. The Bertz CT molecular complexity index is 1610. The first-order valence-electron chi connectivity index (χ1n) is 13.6. The Morgan fingerprint density at radius 2 is 1.50 bits per heavy atom. The Hall–Kier alpha value is -4.64. The van der Waals surface area contributed by atoms with Crippen LogP contribution in [-0.4, -0.2) is 15.7 Å². The van der Waals surface area contributed by atoms with Crippen LogP contribution in [0.1, 0.15) is 45.2 Å². The molecule has 5 rings (SSSR count). The zero-order valence-electron chi connectivity index (χ0n) is 23.7. The number of hydrogen-bond acceptors (Lipinski definition) is 4. The summed E-state index contributed by atoms with van der Waals surface area (Å²) in [7, 11) is 0. The van der Waals surface area contributed by atoms with E-state index >= 15 is 0 Å². The first kappa shape index (κ1) is 26.9. The summed E-state index contributed by atoms with van der Waals surface area (Å²) in [6.45, 7) is 10.5. The van der Waals surface area contributed by atoms with Crippen molar-refractivity contribution in [3.05, 3.63) is 115 Å². The highest BCUT2D eigenvalue weighted by Crippen LogP contribution is 2.39. The minimum atomic E-state index is -0.294. The van der Waals surface area contributed by atoms with Gasteiger partial charge in [0.2, 0.25) is 0 Å². The van der Waals surface area contributed by atoms with Crippen LogP contribution in [0.5, 0.6) is 5.75 Å². The third-order valence-electron chi connectivity index (χ3n) is 6.96. The molecule has 0 radical (unpaired) electrons. The van der Waals surface area contributed by atoms with Crippen LogP contribution in [0.4, 0.5) is 11.4 Å². The predicted molar refractivity (Wildman–Crippen MR) is 164 cm³/mol. The number of nitrogens with one attached hydrogen (secondary N) is 1. The van der Waals surface area contributed by atoms with Crippen molar-refractivity contribution in [1.82, 2.24) is 9.78 Å². The molecule has 0 bridgehead atoms. The smallest absolute Gasteiger partial charge is 0.310 e. The van der Waals surface area contributed by atoms with Gasteiger partial charge >= 0.3 is 5.97 Å². The van der Waals surface area contributed by atoms with Crippen LogP contribution in [0.15, 0.2) is 103 Å². The molecular formula is C35H35N3O2. The van der Waals surface area contributed by atoms with Crippen LogP contribution in [0.3, 0.4) is 0 Å². The summed E-state index contributed by atoms with van der Waals surface area (Å²) in [5, 5.41) is 8.07. The molecule has 0 aliphatic heterocycles. The van der Waals surface area contributed by atoms with E-state index in [-0.39, 0.29) is 17.8 Å². The van der Waals surface area contributed by atoms with E-state index in [1.807, 2.05) is 29.1 Å². The Balaban J connectivity index is 1.45. The molecule has 0 spiro atoms. The van der Waals surface area contributed by atoms with Crippen molar-refractivity contribution < 1.29 is 9.53 Å². The van der Waals surface area contributed by atoms with Gasteiger partial charge in [0.15, 0.2) is 5.75 Å². The minimum Gasteiger partial charge on any atom is -0.424 e. The Morgan fingerprint density at radius 1 is 0.850 bits per heavy atom. The lowest BCUT2D eigenvalue weighted by Crippen LogP contribution is -2.11. The van der Waals surface area contributed by atoms with Gasteiger partial charge in [-0.25, -0.2) is 4.68 Å². The maximum absolute atomic E-state index is 12.4. The molecule has 0 aliphatic rings. The van der Waals surface area contributed by atoms with E-state index in [2.05, 4.69) is 111 Å². The number of para-hydroxylation sites is 1. The first-order chi connectivity index (χ1) is 19.2. The van der Waals surface area contributed by atoms with Crippen molar-refractivity contribution in [2.45, 2.75) is 46.5 Å². The van der Waals surface area contributed by atoms with Gasteiger partial charge in [-0.1, -0.05) is 93.9 Å². The molecule has 40 heavy (non-hydrogen) atoms. The van der Waals surface area contributed by atoms with Crippen LogP contribution in [-0.2, 0) is 10.2 Å². The van der Waals surface area contributed by atoms with Crippen molar-refractivity contribution in [3.63, 3.8) is 0 Å². The highest BCUT2D eigenvalue weighted by Gasteiger charge is 2.18. The monoisotopic (exact) mass is 529 g/mol. The van der Waals surface area contributed by atoms with Crippen LogP contribution >= 0.6 is 0 Å². The molecule has 0 saturated heterocycles. The fourth-order valence-corrected chi connectivity index (χ4v) is 4.52. The maximum atomic E-state index is 12.4. The van der Waals surface area contributed by atoms with Gasteiger partial charge in [-0.3, -0.25) is 4.79 Å². The number of anilines is 2. The number of carbonyl (C=O) groups excluding carboxylic acids is 1. The van der Waals surface area contributed by atoms with Gasteiger partial charge in [0.25, 0.3) is 0 Å². The molecule has 1 aromatic heterocycles. The zero-order chi connectivity index (χ0) is 28.3. The first-order valence-corrected chi connectivity index (χ1v) is 13.6. The molecule has 4 aromatic carbocycles. The number of ether oxygens (including phenoxy) is 1. The van der Waals surface area contributed by atoms with Gasteiger partial charge in [-0.2, -0.15) is 5.10 Å². The van der Waals surface area contributed by atoms with Gasteiger partial charge in [0.05, 0.1) is 17.6 Å². The van der Waals surface area contributed by atoms with E-state index in [4.69, 9.17) is 4.74 Å². The van der Waals surface area contributed by atoms with Crippen LogP contribution in [0.25, 0.3) is 27.9 Å². The molecule has 5 aromatic rings. The molecule has 5 heteroatoms. The lowest BCUT2D eigenvalue weighted by molar-refractivity contribution is -0.133. The Labute approximate surface area is 236 Å². The standard InChI is InChI=1S/C35H35N3O2/c1-6-33(39)40-34-31(8-7-9-32(34)37-29-18-16-28(17-19-29)35(3,4)5)27-22-36-38(23-27)30-20-14-26(15-21-30)25-12-10-24(2)11-13-25/h7-23,37H,6H2,1-5H3. The van der Waals surface area contributed by atoms with Gasteiger partial charge < -0.3 is 10.1 Å². The number of nitrogens with zero attached hydrogens (tertiary/aromatic N) is 2. The summed E-state index contributed by atoms with van der Waals surface area (Å²) in [6, 6.07) is 31.0. The molecule has 0 aliphatic carbocycles. The fraction of sp³-hybridized carbons (Fsp3) is 0.200. The third kappa shape index (κ3) is 5.99. The molecule has 0 amide bonds. The summed E-state index contributed by atoms with van der Waals surface area (Å²) in [5.41, 5.74) is 9.13. The molecule has 0 fully saturated rings. The van der Waals surface area contributed by atoms with Gasteiger partial charge in [-0.15, -0.1) is 0 Å². The molecule has 1 N–H and O–H groups in total. The summed E-state index contributed by atoms with van der Waals surface area (Å²) in [6.07, 6.45) is 4.04. The second-order valence-corrected chi connectivity index (χ2v) is 11.0. The summed E-state index contributed by atoms with van der Waals surface area (Å²) >= 11 is 0. The average Bonchev–Trinajstić information content (AvgIpc) is 3.44. The molecular weight excluding hydrogens is 494 g/mol. The number of carbonyl (C=O) groups is 1. The van der Waals surface area contributed by atoms with Crippen molar-refractivity contribution in [3.8, 4) is 33.7 Å². The fourth-order valence-electron chi connectivity index (χ4n) is 4.52. The molecule has 0 saturated carbocycles. The predicted octanol–water partition coefficient (Wildman–Crippen LogP) is 8.87. The van der Waals surface area contributed by atoms with Crippen LogP contribution in [0.2, 0.25) is 0 Å². The third-order valence-corrected chi connectivity index (χ3v) is 6.96. The maximum Gasteiger partial charge on any atom is 0.310 e. The number of aryl methyl sites for hydroxylation is 1. The van der Waals surface area contributed by atoms with Gasteiger partial charge in [-0.05, 0) is 59.4 Å². The lowest BCUT2D eigenvalue weighted by Gasteiger charge is -2.20. The van der Waals surface area contributed by atoms with Gasteiger partial charge in [0, 0.05) is 29.4 Å². The summed E-state index contributed by atoms with van der Waals surface area (Å²) < 4.78 is 7.72. The molecule has 1 heterocycles. The average molecular weight is 530 g/mol. The second-order valence-electron chi connectivity index (χ2n) is 11.0. The number of aromatic nitrogens is 2. The highest BCUT2D eigenvalue weighted by molar-refractivity contribution is 5.85. The van der Waals surface area contributed by atoms with Crippen molar-refractivity contribution in [1.29, 1.82) is 0 Å². The highest BCUT2D eigenvalue weighted by atomic mass is 16.5. The number of benzene rings is 4. The molecule has 202 valence electrons. The molecule has 0 atom stereocenters. The lowest BCUT2D eigenvalue weighted by atomic mass is 9.87. The number of esters is 1. The van der Waals surface area contributed by atoms with E-state index < -0.39 is 0 Å². The SMILES string of the molecule is CCC(=O)Oc1c(Nc2ccc(C(C)(C)C)cc2)cccc1-c1cnn(-c2ccc(-c3ccc(C)cc3)cc2)c1. The normalized spacial score (nSPS) is 11.3.